The van der Waals surface area contributed by atoms with Gasteiger partial charge in [-0.2, -0.15) is 4.48 Å². The molecular formula is C25H23ClNO+. The Bertz CT molecular complexity index is 1120. The molecular weight excluding hydrogens is 366 g/mol. The fourth-order valence-electron chi connectivity index (χ4n) is 3.96. The molecule has 1 amide bonds. The minimum absolute atomic E-state index is 0.0468. The lowest BCUT2D eigenvalue weighted by Gasteiger charge is -2.35. The average molecular weight is 389 g/mol. The van der Waals surface area contributed by atoms with Crippen LogP contribution in [0, 0.1) is 20.8 Å². The highest BCUT2D eigenvalue weighted by molar-refractivity contribution is 6.33. The van der Waals surface area contributed by atoms with Crippen LogP contribution >= 0.6 is 11.6 Å². The number of fused-ring (bicyclic) bond motifs is 1. The van der Waals surface area contributed by atoms with Gasteiger partial charge in [-0.25, -0.2) is 4.79 Å². The number of benzene rings is 3. The quantitative estimate of drug-likeness (QED) is 0.462. The smallest absolute Gasteiger partial charge is 0.225 e. The molecule has 4 rings (SSSR count). The minimum atomic E-state index is 0.0468. The fourth-order valence-corrected chi connectivity index (χ4v) is 4.20. The molecule has 0 spiro atoms. The third-order valence-corrected chi connectivity index (χ3v) is 5.85. The van der Waals surface area contributed by atoms with Crippen LogP contribution in [0.15, 0.2) is 66.9 Å². The SMILES string of the molecule is Cc1cccc([N+]2(Cc3ccc(C)cc3C)C=Cc3c(Cl)cccc3C2=O)c1. The summed E-state index contributed by atoms with van der Waals surface area (Å²) in [5, 5.41) is 0.607. The molecule has 140 valence electrons. The molecule has 1 aliphatic rings. The summed E-state index contributed by atoms with van der Waals surface area (Å²) in [4.78, 5) is 13.8. The van der Waals surface area contributed by atoms with E-state index in [1.165, 1.54) is 11.1 Å². The van der Waals surface area contributed by atoms with Gasteiger partial charge in [0, 0.05) is 34.4 Å². The van der Waals surface area contributed by atoms with E-state index in [9.17, 15) is 4.79 Å². The first-order valence-corrected chi connectivity index (χ1v) is 9.82. The van der Waals surface area contributed by atoms with Gasteiger partial charge in [0.2, 0.25) is 0 Å². The molecule has 1 aliphatic heterocycles. The maximum absolute atomic E-state index is 13.8. The summed E-state index contributed by atoms with van der Waals surface area (Å²) in [5.74, 6) is 0.0468. The fraction of sp³-hybridized carbons (Fsp3) is 0.160. The van der Waals surface area contributed by atoms with Crippen LogP contribution in [0.4, 0.5) is 5.69 Å². The number of halogens is 1. The number of hydrogen-bond acceptors (Lipinski definition) is 1. The summed E-state index contributed by atoms with van der Waals surface area (Å²) in [6.45, 7) is 6.82. The lowest BCUT2D eigenvalue weighted by atomic mass is 9.97. The van der Waals surface area contributed by atoms with Crippen molar-refractivity contribution in [2.75, 3.05) is 0 Å². The summed E-state index contributed by atoms with van der Waals surface area (Å²) in [6, 6.07) is 20.2. The number of quaternary nitrogens is 1. The molecule has 2 nitrogen and oxygen atoms in total. The lowest BCUT2D eigenvalue weighted by molar-refractivity contribution is 0.0815. The van der Waals surface area contributed by atoms with Gasteiger partial charge in [-0.1, -0.05) is 53.6 Å². The van der Waals surface area contributed by atoms with Crippen molar-refractivity contribution in [3.8, 4) is 0 Å². The van der Waals surface area contributed by atoms with Gasteiger partial charge in [0.1, 0.15) is 18.4 Å². The average Bonchev–Trinajstić information content (AvgIpc) is 2.67. The zero-order chi connectivity index (χ0) is 19.9. The molecule has 3 heteroatoms. The minimum Gasteiger partial charge on any atom is -0.225 e. The number of carbonyl (C=O) groups is 1. The van der Waals surface area contributed by atoms with E-state index < -0.39 is 0 Å². The molecule has 1 atom stereocenters. The van der Waals surface area contributed by atoms with Crippen LogP contribution < -0.4 is 4.48 Å². The van der Waals surface area contributed by atoms with Crippen LogP contribution in [-0.2, 0) is 6.54 Å². The standard InChI is InChI=1S/C25H23ClNO/c1-17-6-4-7-21(15-17)27(16-20-11-10-18(2)14-19(20)3)13-12-22-23(25(27)28)8-5-9-24(22)26/h4-15H,16H2,1-3H3/q+1. The van der Waals surface area contributed by atoms with Crippen molar-refractivity contribution in [2.24, 2.45) is 0 Å². The lowest BCUT2D eigenvalue weighted by Crippen LogP contribution is -2.50. The first kappa shape index (κ1) is 18.7. The second-order valence-electron chi connectivity index (χ2n) is 7.62. The number of amides is 1. The molecule has 0 saturated heterocycles. The summed E-state index contributed by atoms with van der Waals surface area (Å²) in [6.07, 6.45) is 3.98. The highest BCUT2D eigenvalue weighted by Crippen LogP contribution is 2.37. The topological polar surface area (TPSA) is 17.1 Å². The Morgan fingerprint density at radius 1 is 0.893 bits per heavy atom. The molecule has 0 aromatic heterocycles. The van der Waals surface area contributed by atoms with Crippen LogP contribution in [0.25, 0.3) is 6.08 Å². The molecule has 0 aliphatic carbocycles. The molecule has 3 aromatic rings. The predicted molar refractivity (Wildman–Crippen MR) is 117 cm³/mol. The van der Waals surface area contributed by atoms with E-state index in [-0.39, 0.29) is 10.4 Å². The van der Waals surface area contributed by atoms with Crippen molar-refractivity contribution >= 4 is 29.3 Å². The van der Waals surface area contributed by atoms with Crippen molar-refractivity contribution in [3.05, 3.63) is 105 Å². The third kappa shape index (κ3) is 3.09. The maximum atomic E-state index is 13.8. The second kappa shape index (κ2) is 7.05. The largest absolute Gasteiger partial charge is 0.356 e. The van der Waals surface area contributed by atoms with Crippen LogP contribution in [0.3, 0.4) is 0 Å². The van der Waals surface area contributed by atoms with E-state index in [2.05, 4.69) is 51.1 Å². The van der Waals surface area contributed by atoms with Crippen molar-refractivity contribution in [1.82, 2.24) is 4.48 Å². The summed E-state index contributed by atoms with van der Waals surface area (Å²) in [5.41, 5.74) is 7.15. The third-order valence-electron chi connectivity index (χ3n) is 5.52. The number of aryl methyl sites for hydroxylation is 3. The van der Waals surface area contributed by atoms with Crippen LogP contribution in [0.2, 0.25) is 5.02 Å². The Morgan fingerprint density at radius 3 is 2.39 bits per heavy atom. The van der Waals surface area contributed by atoms with Crippen LogP contribution in [0.1, 0.15) is 38.2 Å². The Hall–Kier alpha value is -2.68. The van der Waals surface area contributed by atoms with E-state index in [1.807, 2.05) is 42.6 Å². The van der Waals surface area contributed by atoms with Gasteiger partial charge in [0.05, 0.1) is 5.56 Å². The molecule has 0 radical (unpaired) electrons. The first-order valence-electron chi connectivity index (χ1n) is 9.44. The van der Waals surface area contributed by atoms with Crippen LogP contribution in [0.5, 0.6) is 0 Å². The predicted octanol–water partition coefficient (Wildman–Crippen LogP) is 6.60. The van der Waals surface area contributed by atoms with E-state index in [0.717, 1.165) is 22.4 Å². The molecule has 0 fully saturated rings. The van der Waals surface area contributed by atoms with Gasteiger partial charge >= 0.3 is 5.91 Å². The van der Waals surface area contributed by atoms with E-state index >= 15 is 0 Å². The number of carbonyl (C=O) groups excluding carboxylic acids is 1. The van der Waals surface area contributed by atoms with Crippen molar-refractivity contribution in [3.63, 3.8) is 0 Å². The molecule has 3 aromatic carbocycles. The highest BCUT2D eigenvalue weighted by atomic mass is 35.5. The molecule has 1 unspecified atom stereocenters. The monoisotopic (exact) mass is 388 g/mol. The Kier molecular flexibility index (Phi) is 4.70. The summed E-state index contributed by atoms with van der Waals surface area (Å²) >= 11 is 6.36. The van der Waals surface area contributed by atoms with Gasteiger partial charge in [-0.15, -0.1) is 0 Å². The molecule has 1 heterocycles. The second-order valence-corrected chi connectivity index (χ2v) is 8.03. The van der Waals surface area contributed by atoms with Gasteiger partial charge < -0.3 is 0 Å². The Balaban J connectivity index is 1.92. The zero-order valence-electron chi connectivity index (χ0n) is 16.4. The highest BCUT2D eigenvalue weighted by Gasteiger charge is 2.42. The number of hydrogen-bond donors (Lipinski definition) is 0. The number of rotatable bonds is 3. The molecule has 0 saturated carbocycles. The first-order chi connectivity index (χ1) is 13.4. The summed E-state index contributed by atoms with van der Waals surface area (Å²) in [7, 11) is 0. The van der Waals surface area contributed by atoms with Crippen molar-refractivity contribution in [1.29, 1.82) is 0 Å². The maximum Gasteiger partial charge on any atom is 0.356 e. The van der Waals surface area contributed by atoms with Gasteiger partial charge in [-0.3, -0.25) is 0 Å². The Morgan fingerprint density at radius 2 is 1.64 bits per heavy atom. The zero-order valence-corrected chi connectivity index (χ0v) is 17.1. The van der Waals surface area contributed by atoms with E-state index in [0.29, 0.717) is 17.1 Å². The van der Waals surface area contributed by atoms with Crippen molar-refractivity contribution in [2.45, 2.75) is 27.3 Å². The molecule has 0 N–H and O–H groups in total. The van der Waals surface area contributed by atoms with Gasteiger partial charge in [-0.05, 0) is 44.0 Å². The van der Waals surface area contributed by atoms with Gasteiger partial charge in [0.25, 0.3) is 0 Å². The number of nitrogens with zero attached hydrogens (tertiary/aromatic N) is 1. The Labute approximate surface area is 171 Å². The van der Waals surface area contributed by atoms with E-state index in [4.69, 9.17) is 11.6 Å². The van der Waals surface area contributed by atoms with Gasteiger partial charge in [0.15, 0.2) is 0 Å². The van der Waals surface area contributed by atoms with E-state index in [1.54, 1.807) is 0 Å². The normalized spacial score (nSPS) is 18.2. The van der Waals surface area contributed by atoms with Crippen molar-refractivity contribution < 1.29 is 4.79 Å². The summed E-state index contributed by atoms with van der Waals surface area (Å²) < 4.78 is 0.124. The van der Waals surface area contributed by atoms with Crippen LogP contribution in [-0.4, -0.2) is 5.91 Å². The molecule has 28 heavy (non-hydrogen) atoms. The molecule has 0 bridgehead atoms.